The molecule has 6 heteroatoms. The lowest BCUT2D eigenvalue weighted by Crippen LogP contribution is -2.50. The summed E-state index contributed by atoms with van der Waals surface area (Å²) in [5, 5.41) is 6.02. The molecule has 1 aromatic carbocycles. The van der Waals surface area contributed by atoms with Crippen LogP contribution in [-0.4, -0.2) is 54.2 Å². The van der Waals surface area contributed by atoms with Crippen molar-refractivity contribution in [1.82, 2.24) is 15.5 Å². The minimum Gasteiger partial charge on any atom is -0.444 e. The molecule has 2 aliphatic heterocycles. The third-order valence-electron chi connectivity index (χ3n) is 5.81. The third kappa shape index (κ3) is 5.25. The average molecular weight is 388 g/mol. The number of fused-ring (bicyclic) bond motifs is 2. The van der Waals surface area contributed by atoms with Gasteiger partial charge in [-0.1, -0.05) is 30.3 Å². The maximum Gasteiger partial charge on any atom is 0.407 e. The molecular weight excluding hydrogens is 354 g/mol. The predicted octanol–water partition coefficient (Wildman–Crippen LogP) is 3.04. The Kier molecular flexibility index (Phi) is 6.28. The van der Waals surface area contributed by atoms with Gasteiger partial charge in [0.2, 0.25) is 5.91 Å². The van der Waals surface area contributed by atoms with Crippen molar-refractivity contribution >= 4 is 12.0 Å². The largest absolute Gasteiger partial charge is 0.444 e. The molecule has 0 aliphatic carbocycles. The van der Waals surface area contributed by atoms with Gasteiger partial charge >= 0.3 is 6.09 Å². The third-order valence-corrected chi connectivity index (χ3v) is 5.81. The van der Waals surface area contributed by atoms with E-state index in [-0.39, 0.29) is 18.5 Å². The van der Waals surface area contributed by atoms with E-state index in [0.29, 0.717) is 12.1 Å². The Labute approximate surface area is 168 Å². The molecule has 1 aromatic rings. The lowest BCUT2D eigenvalue weighted by atomic mass is 9.94. The number of benzene rings is 1. The fourth-order valence-electron chi connectivity index (χ4n) is 4.38. The Hall–Kier alpha value is -2.08. The topological polar surface area (TPSA) is 70.7 Å². The van der Waals surface area contributed by atoms with Crippen LogP contribution in [0.5, 0.6) is 0 Å². The van der Waals surface area contributed by atoms with Crippen molar-refractivity contribution in [2.45, 2.75) is 76.1 Å². The summed E-state index contributed by atoms with van der Waals surface area (Å²) < 4.78 is 5.31. The van der Waals surface area contributed by atoms with Gasteiger partial charge in [0.1, 0.15) is 5.60 Å². The van der Waals surface area contributed by atoms with Gasteiger partial charge in [0.15, 0.2) is 0 Å². The zero-order chi connectivity index (χ0) is 20.3. The number of nitrogens with one attached hydrogen (secondary N) is 2. The normalized spacial score (nSPS) is 25.8. The number of hydrogen-bond acceptors (Lipinski definition) is 4. The van der Waals surface area contributed by atoms with Gasteiger partial charge in [-0.05, 0) is 59.1 Å². The summed E-state index contributed by atoms with van der Waals surface area (Å²) in [5.74, 6) is -0.470. The molecule has 2 bridgehead atoms. The standard InChI is InChI=1S/C22H33N3O3/c1-22(2,3)28-21(27)23-14-19(15-8-6-5-7-9-15)20(26)24-16-12-17-10-11-18(13-16)25(17)4/h5-9,16-19H,10-14H2,1-4H3,(H,23,27)(H,24,26)/t16?,17-,18+,19?. The second kappa shape index (κ2) is 8.52. The number of piperidine rings is 1. The molecule has 4 atom stereocenters. The van der Waals surface area contributed by atoms with Gasteiger partial charge in [-0.2, -0.15) is 0 Å². The maximum absolute atomic E-state index is 13.1. The first-order valence-electron chi connectivity index (χ1n) is 10.3. The first-order chi connectivity index (χ1) is 13.2. The van der Waals surface area contributed by atoms with Crippen LogP contribution in [0.2, 0.25) is 0 Å². The van der Waals surface area contributed by atoms with Crippen molar-refractivity contribution in [3.63, 3.8) is 0 Å². The number of alkyl carbamates (subject to hydrolysis) is 1. The molecule has 2 fully saturated rings. The summed E-state index contributed by atoms with van der Waals surface area (Å²) in [5.41, 5.74) is 0.328. The van der Waals surface area contributed by atoms with Crippen molar-refractivity contribution in [2.75, 3.05) is 13.6 Å². The summed E-state index contributed by atoms with van der Waals surface area (Å²) >= 11 is 0. The average Bonchev–Trinajstić information content (AvgIpc) is 2.82. The smallest absolute Gasteiger partial charge is 0.407 e. The van der Waals surface area contributed by atoms with E-state index < -0.39 is 17.6 Å². The zero-order valence-electron chi connectivity index (χ0n) is 17.4. The summed E-state index contributed by atoms with van der Waals surface area (Å²) in [6.07, 6.45) is 3.93. The van der Waals surface area contributed by atoms with E-state index >= 15 is 0 Å². The second-order valence-electron chi connectivity index (χ2n) is 9.07. The molecule has 2 amide bonds. The molecule has 2 N–H and O–H groups in total. The number of ether oxygens (including phenoxy) is 1. The van der Waals surface area contributed by atoms with Gasteiger partial charge in [0.05, 0.1) is 5.92 Å². The number of carbonyl (C=O) groups excluding carboxylic acids is 2. The molecule has 0 spiro atoms. The van der Waals surface area contributed by atoms with Crippen molar-refractivity contribution in [2.24, 2.45) is 0 Å². The minimum atomic E-state index is -0.567. The maximum atomic E-state index is 13.1. The molecule has 0 saturated carbocycles. The molecule has 6 nitrogen and oxygen atoms in total. The van der Waals surface area contributed by atoms with Crippen molar-refractivity contribution < 1.29 is 14.3 Å². The Morgan fingerprint density at radius 3 is 2.32 bits per heavy atom. The summed E-state index contributed by atoms with van der Waals surface area (Å²) in [6, 6.07) is 11.0. The first-order valence-corrected chi connectivity index (χ1v) is 10.3. The van der Waals surface area contributed by atoms with Gasteiger partial charge in [0, 0.05) is 24.7 Å². The van der Waals surface area contributed by atoms with Crippen LogP contribution in [0.25, 0.3) is 0 Å². The SMILES string of the molecule is CN1[C@@H]2CC[C@H]1CC(NC(=O)C(CNC(=O)OC(C)(C)C)c1ccccc1)C2. The van der Waals surface area contributed by atoms with Crippen LogP contribution < -0.4 is 10.6 Å². The van der Waals surface area contributed by atoms with E-state index in [9.17, 15) is 9.59 Å². The van der Waals surface area contributed by atoms with Gasteiger partial charge in [-0.3, -0.25) is 4.79 Å². The minimum absolute atomic E-state index is 0.0313. The van der Waals surface area contributed by atoms with Crippen molar-refractivity contribution in [1.29, 1.82) is 0 Å². The van der Waals surface area contributed by atoms with E-state index in [0.717, 1.165) is 18.4 Å². The molecule has 3 rings (SSSR count). The molecule has 2 saturated heterocycles. The first kappa shape index (κ1) is 20.6. The van der Waals surface area contributed by atoms with Crippen LogP contribution in [-0.2, 0) is 9.53 Å². The fourth-order valence-corrected chi connectivity index (χ4v) is 4.38. The zero-order valence-corrected chi connectivity index (χ0v) is 17.4. The molecule has 2 unspecified atom stereocenters. The number of hydrogen-bond donors (Lipinski definition) is 2. The summed E-state index contributed by atoms with van der Waals surface area (Å²) in [4.78, 5) is 27.6. The van der Waals surface area contributed by atoms with Crippen LogP contribution in [0.1, 0.15) is 57.9 Å². The molecule has 154 valence electrons. The molecule has 0 radical (unpaired) electrons. The molecule has 2 aliphatic rings. The molecule has 2 heterocycles. The highest BCUT2D eigenvalue weighted by molar-refractivity contribution is 5.84. The van der Waals surface area contributed by atoms with Crippen molar-refractivity contribution in [3.05, 3.63) is 35.9 Å². The highest BCUT2D eigenvalue weighted by Crippen LogP contribution is 2.34. The van der Waals surface area contributed by atoms with E-state index in [1.807, 2.05) is 51.1 Å². The van der Waals surface area contributed by atoms with Crippen molar-refractivity contribution in [3.8, 4) is 0 Å². The fraction of sp³-hybridized carbons (Fsp3) is 0.636. The number of rotatable bonds is 5. The molecule has 28 heavy (non-hydrogen) atoms. The van der Waals surface area contributed by atoms with E-state index in [1.54, 1.807) is 0 Å². The lowest BCUT2D eigenvalue weighted by molar-refractivity contribution is -0.123. The van der Waals surface area contributed by atoms with E-state index in [4.69, 9.17) is 4.74 Å². The molecule has 0 aromatic heterocycles. The number of nitrogens with zero attached hydrogens (tertiary/aromatic N) is 1. The Bertz CT molecular complexity index is 672. The van der Waals surface area contributed by atoms with Gasteiger partial charge in [0.25, 0.3) is 0 Å². The summed E-state index contributed by atoms with van der Waals surface area (Å²) in [7, 11) is 2.19. The number of carbonyl (C=O) groups is 2. The second-order valence-corrected chi connectivity index (χ2v) is 9.07. The predicted molar refractivity (Wildman–Crippen MR) is 109 cm³/mol. The van der Waals surface area contributed by atoms with E-state index in [2.05, 4.69) is 22.6 Å². The van der Waals surface area contributed by atoms with Gasteiger partial charge < -0.3 is 20.3 Å². The van der Waals surface area contributed by atoms with Crippen LogP contribution >= 0.6 is 0 Å². The Morgan fingerprint density at radius 1 is 1.14 bits per heavy atom. The number of amides is 2. The van der Waals surface area contributed by atoms with Crippen LogP contribution in [0, 0.1) is 0 Å². The van der Waals surface area contributed by atoms with Crippen LogP contribution in [0.3, 0.4) is 0 Å². The Balaban J connectivity index is 1.63. The quantitative estimate of drug-likeness (QED) is 0.815. The van der Waals surface area contributed by atoms with E-state index in [1.165, 1.54) is 12.8 Å². The van der Waals surface area contributed by atoms with Gasteiger partial charge in [-0.15, -0.1) is 0 Å². The summed E-state index contributed by atoms with van der Waals surface area (Å²) in [6.45, 7) is 5.68. The lowest BCUT2D eigenvalue weighted by Gasteiger charge is -2.37. The molecular formula is C22H33N3O3. The highest BCUT2D eigenvalue weighted by atomic mass is 16.6. The monoisotopic (exact) mass is 387 g/mol. The van der Waals surface area contributed by atoms with Crippen LogP contribution in [0.15, 0.2) is 30.3 Å². The highest BCUT2D eigenvalue weighted by Gasteiger charge is 2.39. The van der Waals surface area contributed by atoms with Crippen LogP contribution in [0.4, 0.5) is 4.79 Å². The Morgan fingerprint density at radius 2 is 1.75 bits per heavy atom. The van der Waals surface area contributed by atoms with Gasteiger partial charge in [-0.25, -0.2) is 4.79 Å².